The minimum Gasteiger partial charge on any atom is -0.497 e. The maximum Gasteiger partial charge on any atom is 0.319 e. The molecule has 1 aliphatic rings. The molecule has 3 aromatic rings. The van der Waals surface area contributed by atoms with E-state index in [2.05, 4.69) is 22.0 Å². The minimum absolute atomic E-state index is 0.179. The molecule has 8 heteroatoms. The first-order chi connectivity index (χ1) is 16.0. The predicted molar refractivity (Wildman–Crippen MR) is 133 cm³/mol. The van der Waals surface area contributed by atoms with Gasteiger partial charge in [0.2, 0.25) is 5.95 Å². The van der Waals surface area contributed by atoms with Gasteiger partial charge in [-0.25, -0.2) is 9.78 Å². The van der Waals surface area contributed by atoms with Crippen LogP contribution >= 0.6 is 0 Å². The van der Waals surface area contributed by atoms with E-state index in [4.69, 9.17) is 14.7 Å². The second-order valence-corrected chi connectivity index (χ2v) is 8.71. The Bertz CT molecular complexity index is 1080. The first-order valence-corrected chi connectivity index (χ1v) is 11.4. The first kappa shape index (κ1) is 22.6. The van der Waals surface area contributed by atoms with Crippen molar-refractivity contribution in [3.8, 4) is 5.75 Å². The lowest BCUT2D eigenvalue weighted by Gasteiger charge is -2.29. The number of carbonyl (C=O) groups is 1. The van der Waals surface area contributed by atoms with Crippen molar-refractivity contribution in [3.63, 3.8) is 0 Å². The van der Waals surface area contributed by atoms with E-state index < -0.39 is 0 Å². The quantitative estimate of drug-likeness (QED) is 0.493. The number of carbonyl (C=O) groups excluding carboxylic acids is 1. The first-order valence-electron chi connectivity index (χ1n) is 11.4. The molecule has 0 spiro atoms. The number of rotatable bonds is 7. The lowest BCUT2D eigenvalue weighted by Crippen LogP contribution is -2.36. The third kappa shape index (κ3) is 5.83. The van der Waals surface area contributed by atoms with E-state index in [0.29, 0.717) is 24.5 Å². The molecule has 174 valence electrons. The number of hydrogen-bond donors (Lipinski definition) is 3. The standard InChI is InChI=1S/C25H32N6O2/c1-31(2)23-21-6-4-5-7-22(21)29-24(30-23)27-18-10-8-17(9-11-18)16-26-25(32)28-19-12-14-20(33-3)15-13-19/h4-7,12-15,17-18H,8-11,16H2,1-3H3,(H2,26,28,32)(H,27,29,30)/t17-,18+. The Kier molecular flexibility index (Phi) is 7.12. The summed E-state index contributed by atoms with van der Waals surface area (Å²) < 4.78 is 5.14. The van der Waals surface area contributed by atoms with E-state index in [0.717, 1.165) is 53.8 Å². The molecule has 0 aliphatic heterocycles. The Hall–Kier alpha value is -3.55. The second-order valence-electron chi connectivity index (χ2n) is 8.71. The number of nitrogens with one attached hydrogen (secondary N) is 3. The van der Waals surface area contributed by atoms with Crippen LogP contribution in [0.15, 0.2) is 48.5 Å². The summed E-state index contributed by atoms with van der Waals surface area (Å²) in [6.07, 6.45) is 4.16. The van der Waals surface area contributed by atoms with E-state index in [9.17, 15) is 4.79 Å². The van der Waals surface area contributed by atoms with E-state index in [-0.39, 0.29) is 6.03 Å². The van der Waals surface area contributed by atoms with Gasteiger partial charge in [-0.05, 0) is 68.0 Å². The number of nitrogens with zero attached hydrogens (tertiary/aromatic N) is 3. The van der Waals surface area contributed by atoms with Crippen LogP contribution in [0, 0.1) is 5.92 Å². The number of ether oxygens (including phenoxy) is 1. The number of fused-ring (bicyclic) bond motifs is 1. The molecule has 2 amide bonds. The summed E-state index contributed by atoms with van der Waals surface area (Å²) >= 11 is 0. The summed E-state index contributed by atoms with van der Waals surface area (Å²) in [7, 11) is 5.62. The van der Waals surface area contributed by atoms with Crippen LogP contribution in [0.5, 0.6) is 5.75 Å². The van der Waals surface area contributed by atoms with E-state index in [1.54, 1.807) is 7.11 Å². The second kappa shape index (κ2) is 10.4. The average Bonchev–Trinajstić information content (AvgIpc) is 2.83. The molecule has 2 aromatic carbocycles. The zero-order chi connectivity index (χ0) is 23.2. The van der Waals surface area contributed by atoms with Crippen molar-refractivity contribution < 1.29 is 9.53 Å². The zero-order valence-electron chi connectivity index (χ0n) is 19.5. The van der Waals surface area contributed by atoms with E-state index in [1.165, 1.54) is 0 Å². The number of amides is 2. The van der Waals surface area contributed by atoms with Crippen molar-refractivity contribution in [3.05, 3.63) is 48.5 Å². The van der Waals surface area contributed by atoms with Crippen LogP contribution in [0.3, 0.4) is 0 Å². The molecule has 1 saturated carbocycles. The van der Waals surface area contributed by atoms with Crippen molar-refractivity contribution in [1.82, 2.24) is 15.3 Å². The van der Waals surface area contributed by atoms with Gasteiger partial charge in [0.05, 0.1) is 12.6 Å². The highest BCUT2D eigenvalue weighted by Gasteiger charge is 2.22. The predicted octanol–water partition coefficient (Wildman–Crippen LogP) is 4.50. The highest BCUT2D eigenvalue weighted by molar-refractivity contribution is 5.90. The highest BCUT2D eigenvalue weighted by atomic mass is 16.5. The fourth-order valence-electron chi connectivity index (χ4n) is 4.25. The van der Waals surface area contributed by atoms with Crippen LogP contribution in [0.25, 0.3) is 10.9 Å². The lowest BCUT2D eigenvalue weighted by molar-refractivity contribution is 0.246. The largest absolute Gasteiger partial charge is 0.497 e. The number of hydrogen-bond acceptors (Lipinski definition) is 6. The summed E-state index contributed by atoms with van der Waals surface area (Å²) in [5.41, 5.74) is 1.69. The molecule has 1 aromatic heterocycles. The Labute approximate surface area is 194 Å². The molecule has 0 bridgehead atoms. The van der Waals surface area contributed by atoms with Crippen molar-refractivity contribution in [2.24, 2.45) is 5.92 Å². The van der Waals surface area contributed by atoms with Crippen LogP contribution in [0.4, 0.5) is 22.2 Å². The molecule has 3 N–H and O–H groups in total. The number of aromatic nitrogens is 2. The van der Waals surface area contributed by atoms with Gasteiger partial charge >= 0.3 is 6.03 Å². The van der Waals surface area contributed by atoms with Crippen LogP contribution in [-0.2, 0) is 0 Å². The van der Waals surface area contributed by atoms with Crippen molar-refractivity contribution >= 4 is 34.4 Å². The van der Waals surface area contributed by atoms with Gasteiger partial charge in [0.25, 0.3) is 0 Å². The monoisotopic (exact) mass is 448 g/mol. The minimum atomic E-state index is -0.179. The third-order valence-corrected chi connectivity index (χ3v) is 6.09. The fourth-order valence-corrected chi connectivity index (χ4v) is 4.25. The summed E-state index contributed by atoms with van der Waals surface area (Å²) in [6, 6.07) is 15.5. The van der Waals surface area contributed by atoms with Crippen molar-refractivity contribution in [2.45, 2.75) is 31.7 Å². The van der Waals surface area contributed by atoms with Crippen molar-refractivity contribution in [2.75, 3.05) is 43.3 Å². The van der Waals surface area contributed by atoms with Crippen LogP contribution in [0.2, 0.25) is 0 Å². The molecule has 1 fully saturated rings. The summed E-state index contributed by atoms with van der Waals surface area (Å²) in [4.78, 5) is 23.7. The van der Waals surface area contributed by atoms with Gasteiger partial charge in [0.1, 0.15) is 11.6 Å². The molecule has 4 rings (SSSR count). The molecule has 0 atom stereocenters. The topological polar surface area (TPSA) is 91.4 Å². The normalized spacial score (nSPS) is 17.9. The maximum atomic E-state index is 12.2. The molecule has 0 radical (unpaired) electrons. The lowest BCUT2D eigenvalue weighted by atomic mass is 9.86. The number of anilines is 3. The third-order valence-electron chi connectivity index (χ3n) is 6.09. The number of para-hydroxylation sites is 1. The molecule has 33 heavy (non-hydrogen) atoms. The molecule has 8 nitrogen and oxygen atoms in total. The van der Waals surface area contributed by atoms with Crippen LogP contribution < -0.4 is 25.6 Å². The molecule has 1 heterocycles. The summed E-state index contributed by atoms with van der Waals surface area (Å²) in [6.45, 7) is 0.673. The number of methoxy groups -OCH3 is 1. The summed E-state index contributed by atoms with van der Waals surface area (Å²) in [5, 5.41) is 10.5. The van der Waals surface area contributed by atoms with Crippen LogP contribution in [-0.4, -0.2) is 49.8 Å². The molecular formula is C25H32N6O2. The molecule has 1 aliphatic carbocycles. The van der Waals surface area contributed by atoms with Gasteiger partial charge in [-0.3, -0.25) is 0 Å². The zero-order valence-corrected chi connectivity index (χ0v) is 19.5. The highest BCUT2D eigenvalue weighted by Crippen LogP contribution is 2.28. The Balaban J connectivity index is 1.25. The van der Waals surface area contributed by atoms with Gasteiger partial charge in [-0.1, -0.05) is 12.1 Å². The van der Waals surface area contributed by atoms with Gasteiger partial charge in [0.15, 0.2) is 0 Å². The van der Waals surface area contributed by atoms with Gasteiger partial charge in [-0.2, -0.15) is 4.98 Å². The van der Waals surface area contributed by atoms with Crippen molar-refractivity contribution in [1.29, 1.82) is 0 Å². The molecular weight excluding hydrogens is 416 g/mol. The fraction of sp³-hybridized carbons (Fsp3) is 0.400. The number of urea groups is 1. The molecule has 0 saturated heterocycles. The summed E-state index contributed by atoms with van der Waals surface area (Å²) in [5.74, 6) is 2.83. The Morgan fingerprint density at radius 1 is 1.03 bits per heavy atom. The Morgan fingerprint density at radius 3 is 2.45 bits per heavy atom. The van der Waals surface area contributed by atoms with Crippen LogP contribution in [0.1, 0.15) is 25.7 Å². The van der Waals surface area contributed by atoms with Gasteiger partial charge in [-0.15, -0.1) is 0 Å². The Morgan fingerprint density at radius 2 is 1.76 bits per heavy atom. The smallest absolute Gasteiger partial charge is 0.319 e. The molecule has 0 unspecified atom stereocenters. The number of benzene rings is 2. The van der Waals surface area contributed by atoms with E-state index >= 15 is 0 Å². The van der Waals surface area contributed by atoms with Gasteiger partial charge < -0.3 is 25.6 Å². The SMILES string of the molecule is COc1ccc(NC(=O)NC[C@H]2CC[C@@H](Nc3nc(N(C)C)c4ccccc4n3)CC2)cc1. The van der Waals surface area contributed by atoms with Gasteiger partial charge in [0, 0.05) is 37.8 Å². The average molecular weight is 449 g/mol. The van der Waals surface area contributed by atoms with E-state index in [1.807, 2.05) is 61.5 Å². The maximum absolute atomic E-state index is 12.2.